The van der Waals surface area contributed by atoms with Gasteiger partial charge >= 0.3 is 0 Å². The molecule has 1 saturated heterocycles. The molecule has 1 saturated carbocycles. The smallest absolute Gasteiger partial charge is 0.0991 e. The van der Waals surface area contributed by atoms with Crippen LogP contribution in [0.3, 0.4) is 0 Å². The number of benzene rings is 1. The first kappa shape index (κ1) is 15.5. The van der Waals surface area contributed by atoms with Crippen LogP contribution in [0.2, 0.25) is 0 Å². The van der Waals surface area contributed by atoms with Gasteiger partial charge in [-0.1, -0.05) is 12.1 Å². The van der Waals surface area contributed by atoms with Crippen molar-refractivity contribution in [2.24, 2.45) is 5.92 Å². The van der Waals surface area contributed by atoms with Crippen LogP contribution in [0.5, 0.6) is 0 Å². The fourth-order valence-corrected chi connectivity index (χ4v) is 2.92. The Bertz CT molecular complexity index is 536. The first-order chi connectivity index (χ1) is 10.8. The van der Waals surface area contributed by atoms with E-state index >= 15 is 0 Å². The van der Waals surface area contributed by atoms with Crippen molar-refractivity contribution in [3.8, 4) is 6.07 Å². The van der Waals surface area contributed by atoms with Crippen molar-refractivity contribution in [1.29, 1.82) is 5.26 Å². The van der Waals surface area contributed by atoms with Crippen LogP contribution in [-0.2, 0) is 9.47 Å². The van der Waals surface area contributed by atoms with Gasteiger partial charge in [0.1, 0.15) is 0 Å². The molecule has 1 aliphatic carbocycles. The molecule has 1 heterocycles. The number of nitrogens with zero attached hydrogens (tertiary/aromatic N) is 2. The fraction of sp³-hybridized carbons (Fsp3) is 0.611. The van der Waals surface area contributed by atoms with Crippen molar-refractivity contribution < 1.29 is 9.47 Å². The Kier molecular flexibility index (Phi) is 5.09. The van der Waals surface area contributed by atoms with Gasteiger partial charge in [-0.25, -0.2) is 0 Å². The van der Waals surface area contributed by atoms with E-state index in [4.69, 9.17) is 14.7 Å². The summed E-state index contributed by atoms with van der Waals surface area (Å²) in [6.07, 6.45) is 2.81. The Morgan fingerprint density at radius 3 is 3.05 bits per heavy atom. The predicted molar refractivity (Wildman–Crippen MR) is 84.4 cm³/mol. The third-order valence-corrected chi connectivity index (χ3v) is 4.57. The van der Waals surface area contributed by atoms with Crippen molar-refractivity contribution in [3.05, 3.63) is 35.4 Å². The summed E-state index contributed by atoms with van der Waals surface area (Å²) in [5, 5.41) is 9.04. The predicted octanol–water partition coefficient (Wildman–Crippen LogP) is 2.75. The first-order valence-electron chi connectivity index (χ1n) is 8.19. The van der Waals surface area contributed by atoms with Crippen LogP contribution >= 0.6 is 0 Å². The molecule has 4 nitrogen and oxygen atoms in total. The van der Waals surface area contributed by atoms with E-state index in [1.165, 1.54) is 18.4 Å². The molecular weight excluding hydrogens is 276 g/mol. The molecule has 0 aromatic heterocycles. The van der Waals surface area contributed by atoms with Crippen molar-refractivity contribution in [2.75, 3.05) is 32.9 Å². The van der Waals surface area contributed by atoms with E-state index in [2.05, 4.69) is 24.0 Å². The number of ether oxygens (including phenoxy) is 2. The lowest BCUT2D eigenvalue weighted by Gasteiger charge is -2.37. The second kappa shape index (κ2) is 7.23. The van der Waals surface area contributed by atoms with Crippen molar-refractivity contribution in [1.82, 2.24) is 4.90 Å². The van der Waals surface area contributed by atoms with Crippen LogP contribution in [0.25, 0.3) is 0 Å². The van der Waals surface area contributed by atoms with Gasteiger partial charge in [0, 0.05) is 25.7 Å². The van der Waals surface area contributed by atoms with Gasteiger partial charge in [0.2, 0.25) is 0 Å². The van der Waals surface area contributed by atoms with E-state index in [9.17, 15) is 0 Å². The molecule has 2 aliphatic rings. The van der Waals surface area contributed by atoms with Crippen LogP contribution in [-0.4, -0.2) is 43.9 Å². The van der Waals surface area contributed by atoms with Crippen molar-refractivity contribution in [2.45, 2.75) is 31.9 Å². The van der Waals surface area contributed by atoms with Crippen LogP contribution in [0.15, 0.2) is 24.3 Å². The van der Waals surface area contributed by atoms with Gasteiger partial charge in [-0.05, 0) is 43.4 Å². The van der Waals surface area contributed by atoms with Gasteiger partial charge in [0.05, 0.1) is 31.0 Å². The summed E-state index contributed by atoms with van der Waals surface area (Å²) in [5.74, 6) is 0.798. The van der Waals surface area contributed by atoms with Gasteiger partial charge in [0.25, 0.3) is 0 Å². The fourth-order valence-electron chi connectivity index (χ4n) is 2.92. The number of hydrogen-bond acceptors (Lipinski definition) is 4. The molecule has 0 unspecified atom stereocenters. The first-order valence-corrected chi connectivity index (χ1v) is 8.19. The van der Waals surface area contributed by atoms with E-state index in [0.29, 0.717) is 12.6 Å². The highest BCUT2D eigenvalue weighted by molar-refractivity contribution is 5.34. The summed E-state index contributed by atoms with van der Waals surface area (Å²) in [4.78, 5) is 2.42. The average Bonchev–Trinajstić information content (AvgIpc) is 3.39. The van der Waals surface area contributed by atoms with Crippen LogP contribution < -0.4 is 0 Å². The van der Waals surface area contributed by atoms with Crippen molar-refractivity contribution >= 4 is 0 Å². The minimum atomic E-state index is 0.161. The lowest BCUT2D eigenvalue weighted by Crippen LogP contribution is -2.45. The Balaban J connectivity index is 1.54. The molecule has 1 aromatic rings. The van der Waals surface area contributed by atoms with Gasteiger partial charge in [-0.3, -0.25) is 4.90 Å². The second-order valence-corrected chi connectivity index (χ2v) is 6.38. The molecule has 3 rings (SSSR count). The molecule has 4 heteroatoms. The quantitative estimate of drug-likeness (QED) is 0.810. The second-order valence-electron chi connectivity index (χ2n) is 6.38. The zero-order chi connectivity index (χ0) is 15.4. The van der Waals surface area contributed by atoms with E-state index in [1.54, 1.807) is 0 Å². The van der Waals surface area contributed by atoms with E-state index < -0.39 is 0 Å². The minimum Gasteiger partial charge on any atom is -0.378 e. The normalized spacial score (nSPS) is 23.9. The third-order valence-electron chi connectivity index (χ3n) is 4.57. The summed E-state index contributed by atoms with van der Waals surface area (Å²) < 4.78 is 11.6. The maximum absolute atomic E-state index is 9.04. The lowest BCUT2D eigenvalue weighted by atomic mass is 10.0. The summed E-state index contributed by atoms with van der Waals surface area (Å²) in [7, 11) is 0. The maximum Gasteiger partial charge on any atom is 0.0991 e. The highest BCUT2D eigenvalue weighted by Gasteiger charge is 2.26. The molecule has 118 valence electrons. The highest BCUT2D eigenvalue weighted by Crippen LogP contribution is 2.29. The molecule has 2 atom stereocenters. The Morgan fingerprint density at radius 1 is 1.41 bits per heavy atom. The van der Waals surface area contributed by atoms with Gasteiger partial charge < -0.3 is 9.47 Å². The Hall–Kier alpha value is -1.41. The summed E-state index contributed by atoms with van der Waals surface area (Å²) in [6, 6.07) is 10.4. The highest BCUT2D eigenvalue weighted by atomic mass is 16.5. The Labute approximate surface area is 132 Å². The SMILES string of the molecule is C[C@@H](c1cccc(C#N)c1)N1CCO[C@@H](COCC2CC2)C1. The third kappa shape index (κ3) is 4.07. The van der Waals surface area contributed by atoms with Crippen LogP contribution in [0.1, 0.15) is 36.9 Å². The molecular formula is C18H24N2O2. The topological polar surface area (TPSA) is 45.5 Å². The van der Waals surface area contributed by atoms with Crippen molar-refractivity contribution in [3.63, 3.8) is 0 Å². The van der Waals surface area contributed by atoms with Gasteiger partial charge in [0.15, 0.2) is 0 Å². The molecule has 1 aliphatic heterocycles. The summed E-state index contributed by atoms with van der Waals surface area (Å²) in [6.45, 7) is 6.35. The molecule has 0 spiro atoms. The molecule has 0 radical (unpaired) electrons. The molecule has 2 fully saturated rings. The van der Waals surface area contributed by atoms with E-state index in [1.807, 2.05) is 18.2 Å². The number of rotatable bonds is 6. The zero-order valence-electron chi connectivity index (χ0n) is 13.2. The number of nitriles is 1. The summed E-state index contributed by atoms with van der Waals surface area (Å²) >= 11 is 0. The molecule has 0 bridgehead atoms. The van der Waals surface area contributed by atoms with Crippen LogP contribution in [0, 0.1) is 17.2 Å². The van der Waals surface area contributed by atoms with Crippen LogP contribution in [0.4, 0.5) is 0 Å². The lowest BCUT2D eigenvalue weighted by molar-refractivity contribution is -0.0790. The van der Waals surface area contributed by atoms with E-state index in [0.717, 1.165) is 37.8 Å². The molecule has 0 N–H and O–H groups in total. The number of hydrogen-bond donors (Lipinski definition) is 0. The molecule has 22 heavy (non-hydrogen) atoms. The van der Waals surface area contributed by atoms with E-state index in [-0.39, 0.29) is 6.10 Å². The Morgan fingerprint density at radius 2 is 2.27 bits per heavy atom. The largest absolute Gasteiger partial charge is 0.378 e. The van der Waals surface area contributed by atoms with Gasteiger partial charge in [-0.15, -0.1) is 0 Å². The summed E-state index contributed by atoms with van der Waals surface area (Å²) in [5.41, 5.74) is 1.92. The number of morpholine rings is 1. The van der Waals surface area contributed by atoms with Gasteiger partial charge in [-0.2, -0.15) is 5.26 Å². The molecule has 1 aromatic carbocycles. The maximum atomic E-state index is 9.04. The standard InChI is InChI=1S/C18H24N2O2/c1-14(17-4-2-3-16(9-17)10-19)20-7-8-22-18(11-20)13-21-12-15-5-6-15/h2-4,9,14-15,18H,5-8,11-13H2,1H3/t14-,18+/m0/s1. The zero-order valence-corrected chi connectivity index (χ0v) is 13.2. The average molecular weight is 300 g/mol. The monoisotopic (exact) mass is 300 g/mol. The molecule has 0 amide bonds. The minimum absolute atomic E-state index is 0.161.